The quantitative estimate of drug-likeness (QED) is 0.667. The lowest BCUT2D eigenvalue weighted by Crippen LogP contribution is -2.38. The van der Waals surface area contributed by atoms with E-state index in [9.17, 15) is 14.4 Å². The summed E-state index contributed by atoms with van der Waals surface area (Å²) in [4.78, 5) is 40.0. The molecule has 0 saturated heterocycles. The number of para-hydroxylation sites is 2. The van der Waals surface area contributed by atoms with Gasteiger partial charge in [-0.3, -0.25) is 14.4 Å². The fourth-order valence-corrected chi connectivity index (χ4v) is 3.41. The van der Waals surface area contributed by atoms with Crippen LogP contribution in [0.25, 0.3) is 0 Å². The first-order valence-electron chi connectivity index (χ1n) is 8.74. The Hall–Kier alpha value is -2.67. The van der Waals surface area contributed by atoms with Gasteiger partial charge in [0, 0.05) is 24.3 Å². The molecule has 1 N–H and O–H groups in total. The van der Waals surface area contributed by atoms with E-state index in [0.29, 0.717) is 22.9 Å². The van der Waals surface area contributed by atoms with Crippen molar-refractivity contribution in [1.82, 2.24) is 4.90 Å². The Balaban J connectivity index is 1.88. The second-order valence-corrected chi connectivity index (χ2v) is 7.28. The third kappa shape index (κ3) is 5.92. The molecule has 1 aromatic carbocycles. The van der Waals surface area contributed by atoms with Gasteiger partial charge in [-0.15, -0.1) is 11.3 Å². The Morgan fingerprint density at radius 2 is 1.85 bits per heavy atom. The number of rotatable bonds is 9. The smallest absolute Gasteiger partial charge is 0.244 e. The van der Waals surface area contributed by atoms with Crippen molar-refractivity contribution in [3.63, 3.8) is 0 Å². The van der Waals surface area contributed by atoms with Gasteiger partial charge in [0.25, 0.3) is 0 Å². The molecule has 1 aromatic heterocycles. The first-order valence-corrected chi connectivity index (χ1v) is 9.56. The number of carbonyl (C=O) groups excluding carboxylic acids is 3. The number of methoxy groups -OCH3 is 1. The van der Waals surface area contributed by atoms with E-state index in [4.69, 9.17) is 4.74 Å². The van der Waals surface area contributed by atoms with Crippen LogP contribution in [0.1, 0.15) is 34.3 Å². The number of aryl methyl sites for hydroxylation is 1. The van der Waals surface area contributed by atoms with Crippen LogP contribution in [-0.4, -0.2) is 42.7 Å². The highest BCUT2D eigenvalue weighted by atomic mass is 32.1. The van der Waals surface area contributed by atoms with E-state index in [1.807, 2.05) is 19.1 Å². The van der Waals surface area contributed by atoms with Crippen molar-refractivity contribution < 1.29 is 19.1 Å². The summed E-state index contributed by atoms with van der Waals surface area (Å²) in [6.07, 6.45) is 0.231. The molecule has 0 aliphatic rings. The summed E-state index contributed by atoms with van der Waals surface area (Å²) in [6, 6.07) is 10.7. The number of hydrogen-bond acceptors (Lipinski definition) is 5. The molecule has 0 atom stereocenters. The van der Waals surface area contributed by atoms with E-state index in [2.05, 4.69) is 5.32 Å². The van der Waals surface area contributed by atoms with Crippen LogP contribution in [0.15, 0.2) is 36.4 Å². The van der Waals surface area contributed by atoms with Crippen molar-refractivity contribution in [2.45, 2.75) is 26.7 Å². The van der Waals surface area contributed by atoms with Crippen molar-refractivity contribution >= 4 is 34.6 Å². The Labute approximate surface area is 163 Å². The van der Waals surface area contributed by atoms with Crippen LogP contribution in [0.5, 0.6) is 5.75 Å². The number of ether oxygens (including phenoxy) is 1. The third-order valence-corrected chi connectivity index (χ3v) is 5.07. The first kappa shape index (κ1) is 20.6. The van der Waals surface area contributed by atoms with E-state index in [1.54, 1.807) is 31.2 Å². The molecule has 0 aliphatic heterocycles. The molecule has 0 unspecified atom stereocenters. The molecule has 2 rings (SSSR count). The number of ketones is 1. The maximum absolute atomic E-state index is 12.4. The molecule has 1 heterocycles. The van der Waals surface area contributed by atoms with Gasteiger partial charge < -0.3 is 15.0 Å². The predicted molar refractivity (Wildman–Crippen MR) is 106 cm³/mol. The van der Waals surface area contributed by atoms with Gasteiger partial charge in [0.1, 0.15) is 5.75 Å². The van der Waals surface area contributed by atoms with Crippen LogP contribution >= 0.6 is 11.3 Å². The van der Waals surface area contributed by atoms with Crippen molar-refractivity contribution in [2.75, 3.05) is 25.5 Å². The van der Waals surface area contributed by atoms with E-state index in [-0.39, 0.29) is 37.0 Å². The van der Waals surface area contributed by atoms with Crippen molar-refractivity contribution in [3.8, 4) is 5.75 Å². The lowest BCUT2D eigenvalue weighted by atomic mass is 10.1. The monoisotopic (exact) mass is 388 g/mol. The summed E-state index contributed by atoms with van der Waals surface area (Å²) < 4.78 is 5.20. The largest absolute Gasteiger partial charge is 0.495 e. The zero-order valence-electron chi connectivity index (χ0n) is 15.8. The Bertz CT molecular complexity index is 816. The highest BCUT2D eigenvalue weighted by Crippen LogP contribution is 2.23. The Kier molecular flexibility index (Phi) is 7.55. The molecule has 7 heteroatoms. The summed E-state index contributed by atoms with van der Waals surface area (Å²) in [5.41, 5.74) is 0.553. The highest BCUT2D eigenvalue weighted by Gasteiger charge is 2.18. The number of nitrogens with one attached hydrogen (secondary N) is 1. The summed E-state index contributed by atoms with van der Waals surface area (Å²) in [7, 11) is 1.53. The summed E-state index contributed by atoms with van der Waals surface area (Å²) in [6.45, 7) is 4.06. The molecule has 0 saturated carbocycles. The van der Waals surface area contributed by atoms with Crippen LogP contribution in [0.3, 0.4) is 0 Å². The molecule has 6 nitrogen and oxygen atoms in total. The molecule has 27 heavy (non-hydrogen) atoms. The first-order chi connectivity index (χ1) is 12.9. The molecule has 0 bridgehead atoms. The minimum atomic E-state index is -0.310. The summed E-state index contributed by atoms with van der Waals surface area (Å²) in [5.74, 6) is -0.0164. The zero-order valence-corrected chi connectivity index (χ0v) is 16.6. The van der Waals surface area contributed by atoms with Gasteiger partial charge >= 0.3 is 0 Å². The van der Waals surface area contributed by atoms with Crippen molar-refractivity contribution in [3.05, 3.63) is 46.2 Å². The molecule has 2 aromatic rings. The maximum atomic E-state index is 12.4. The molecule has 0 radical (unpaired) electrons. The van der Waals surface area contributed by atoms with Gasteiger partial charge in [-0.25, -0.2) is 0 Å². The van der Waals surface area contributed by atoms with E-state index < -0.39 is 0 Å². The topological polar surface area (TPSA) is 75.7 Å². The summed E-state index contributed by atoms with van der Waals surface area (Å²) in [5, 5.41) is 2.75. The number of likely N-dealkylation sites (N-methyl/N-ethyl adjacent to an activating group) is 1. The average Bonchev–Trinajstić information content (AvgIpc) is 3.10. The van der Waals surface area contributed by atoms with Gasteiger partial charge in [0.05, 0.1) is 24.2 Å². The molecule has 144 valence electrons. The second kappa shape index (κ2) is 9.87. The Morgan fingerprint density at radius 3 is 2.48 bits per heavy atom. The number of benzene rings is 1. The molecule has 2 amide bonds. The van der Waals surface area contributed by atoms with E-state index in [1.165, 1.54) is 23.3 Å². The normalized spacial score (nSPS) is 10.3. The summed E-state index contributed by atoms with van der Waals surface area (Å²) >= 11 is 1.43. The number of anilines is 1. The minimum absolute atomic E-state index is 0.0454. The number of carbonyl (C=O) groups is 3. The number of thiophene rings is 1. The van der Waals surface area contributed by atoms with Crippen LogP contribution in [0.4, 0.5) is 5.69 Å². The van der Waals surface area contributed by atoms with Gasteiger partial charge in [0.2, 0.25) is 11.8 Å². The SMILES string of the molecule is CCN(CC(=O)Nc1ccccc1OC)C(=O)CCC(=O)c1ccc(C)s1. The zero-order chi connectivity index (χ0) is 19.8. The van der Waals surface area contributed by atoms with Crippen LogP contribution in [0.2, 0.25) is 0 Å². The lowest BCUT2D eigenvalue weighted by Gasteiger charge is -2.20. The van der Waals surface area contributed by atoms with Gasteiger partial charge in [0.15, 0.2) is 5.78 Å². The van der Waals surface area contributed by atoms with Crippen LogP contribution < -0.4 is 10.1 Å². The lowest BCUT2D eigenvalue weighted by molar-refractivity contribution is -0.134. The van der Waals surface area contributed by atoms with E-state index >= 15 is 0 Å². The predicted octanol–water partition coefficient (Wildman–Crippen LogP) is 3.52. The average molecular weight is 388 g/mol. The fraction of sp³-hybridized carbons (Fsp3) is 0.350. The highest BCUT2D eigenvalue weighted by molar-refractivity contribution is 7.14. The van der Waals surface area contributed by atoms with Crippen molar-refractivity contribution in [2.24, 2.45) is 0 Å². The molecule has 0 aliphatic carbocycles. The number of Topliss-reactive ketones (excluding diaryl/α,β-unsaturated/α-hetero) is 1. The molecule has 0 spiro atoms. The van der Waals surface area contributed by atoms with E-state index in [0.717, 1.165) is 4.88 Å². The number of amides is 2. The minimum Gasteiger partial charge on any atom is -0.495 e. The van der Waals surface area contributed by atoms with Crippen molar-refractivity contribution in [1.29, 1.82) is 0 Å². The second-order valence-electron chi connectivity index (χ2n) is 5.99. The standard InChI is InChI=1S/C20H24N2O4S/c1-4-22(13-19(24)21-15-7-5-6-8-17(15)26-3)20(25)12-10-16(23)18-11-9-14(2)27-18/h5-9,11H,4,10,12-13H2,1-3H3,(H,21,24). The molecular weight excluding hydrogens is 364 g/mol. The molecular formula is C20H24N2O4S. The number of nitrogens with zero attached hydrogens (tertiary/aromatic N) is 1. The van der Waals surface area contributed by atoms with Crippen LogP contribution in [-0.2, 0) is 9.59 Å². The van der Waals surface area contributed by atoms with Gasteiger partial charge in [-0.2, -0.15) is 0 Å². The molecule has 0 fully saturated rings. The fourth-order valence-electron chi connectivity index (χ4n) is 2.57. The Morgan fingerprint density at radius 1 is 1.11 bits per heavy atom. The van der Waals surface area contributed by atoms with Gasteiger partial charge in [-0.1, -0.05) is 12.1 Å². The van der Waals surface area contributed by atoms with Crippen LogP contribution in [0, 0.1) is 6.92 Å². The van der Waals surface area contributed by atoms with Gasteiger partial charge in [-0.05, 0) is 38.1 Å². The third-order valence-electron chi connectivity index (χ3n) is 4.03. The maximum Gasteiger partial charge on any atom is 0.244 e. The number of hydrogen-bond donors (Lipinski definition) is 1.